The molecular formula is C32H32ClN3O5S3. The van der Waals surface area contributed by atoms with Crippen molar-refractivity contribution in [2.75, 3.05) is 17.7 Å². The maximum absolute atomic E-state index is 13.3. The minimum atomic E-state index is -3.48. The molecule has 0 unspecified atom stereocenters. The topological polar surface area (TPSA) is 128 Å². The van der Waals surface area contributed by atoms with Crippen molar-refractivity contribution in [3.05, 3.63) is 99.0 Å². The van der Waals surface area contributed by atoms with Gasteiger partial charge in [-0.15, -0.1) is 23.1 Å². The van der Waals surface area contributed by atoms with Gasteiger partial charge in [-0.25, -0.2) is 13.4 Å². The van der Waals surface area contributed by atoms with Crippen molar-refractivity contribution in [2.45, 2.75) is 53.6 Å². The molecule has 0 atom stereocenters. The van der Waals surface area contributed by atoms with E-state index in [0.717, 1.165) is 21.2 Å². The van der Waals surface area contributed by atoms with E-state index >= 15 is 0 Å². The van der Waals surface area contributed by atoms with Crippen LogP contribution in [0.2, 0.25) is 5.02 Å². The second-order valence-electron chi connectivity index (χ2n) is 10.5. The molecule has 0 bridgehead atoms. The first kappa shape index (κ1) is 32.0. The van der Waals surface area contributed by atoms with Gasteiger partial charge in [-0.3, -0.25) is 9.59 Å². The zero-order valence-electron chi connectivity index (χ0n) is 23.8. The van der Waals surface area contributed by atoms with Crippen molar-refractivity contribution < 1.29 is 22.7 Å². The first-order chi connectivity index (χ1) is 21.2. The van der Waals surface area contributed by atoms with Gasteiger partial charge in [0, 0.05) is 26.8 Å². The molecule has 0 radical (unpaired) electrons. The third-order valence-electron chi connectivity index (χ3n) is 7.26. The van der Waals surface area contributed by atoms with Crippen LogP contribution in [0, 0.1) is 0 Å². The van der Waals surface area contributed by atoms with Crippen molar-refractivity contribution >= 4 is 62.0 Å². The molecular weight excluding hydrogens is 638 g/mol. The number of hydrogen-bond acceptors (Lipinski definition) is 8. The molecule has 0 saturated heterocycles. The Bertz CT molecular complexity index is 1740. The van der Waals surface area contributed by atoms with Crippen LogP contribution in [-0.2, 0) is 26.8 Å². The Morgan fingerprint density at radius 2 is 1.89 bits per heavy atom. The lowest BCUT2D eigenvalue weighted by Gasteiger charge is -2.22. The maximum Gasteiger partial charge on any atom is 0.255 e. The molecule has 1 aliphatic carbocycles. The fraction of sp³-hybridized carbons (Fsp3) is 0.281. The summed E-state index contributed by atoms with van der Waals surface area (Å²) >= 11 is 9.19. The van der Waals surface area contributed by atoms with Crippen molar-refractivity contribution in [1.29, 1.82) is 0 Å². The number of anilines is 1. The molecule has 0 spiro atoms. The SMILES string of the molecule is NC(=O)COc1ccc(CCCS(=O)(=O)c2ccc(Cl)cc2)cc1NC(=O)c1cccc(SCc2nc(C3CCC3)cs2)c1. The second-order valence-corrected chi connectivity index (χ2v) is 15.1. The molecule has 5 rings (SSSR count). The number of thioether (sulfide) groups is 1. The van der Waals surface area contributed by atoms with Crippen LogP contribution in [0.15, 0.2) is 81.9 Å². The van der Waals surface area contributed by atoms with Gasteiger partial charge in [0.05, 0.1) is 27.8 Å². The van der Waals surface area contributed by atoms with Gasteiger partial charge < -0.3 is 15.8 Å². The van der Waals surface area contributed by atoms with Crippen LogP contribution < -0.4 is 15.8 Å². The highest BCUT2D eigenvalue weighted by Crippen LogP contribution is 2.37. The summed E-state index contributed by atoms with van der Waals surface area (Å²) in [6.07, 6.45) is 4.52. The summed E-state index contributed by atoms with van der Waals surface area (Å²) in [5, 5.41) is 6.59. The summed E-state index contributed by atoms with van der Waals surface area (Å²) in [6, 6.07) is 18.6. The molecule has 3 aromatic carbocycles. The van der Waals surface area contributed by atoms with Crippen molar-refractivity contribution in [3.8, 4) is 5.75 Å². The predicted molar refractivity (Wildman–Crippen MR) is 176 cm³/mol. The number of hydrogen-bond donors (Lipinski definition) is 2. The molecule has 2 amide bonds. The molecule has 230 valence electrons. The first-order valence-corrected chi connectivity index (χ1v) is 18.1. The summed E-state index contributed by atoms with van der Waals surface area (Å²) in [5.74, 6) is 0.567. The van der Waals surface area contributed by atoms with E-state index in [2.05, 4.69) is 10.7 Å². The minimum absolute atomic E-state index is 0.0520. The van der Waals surface area contributed by atoms with Gasteiger partial charge in [0.25, 0.3) is 11.8 Å². The van der Waals surface area contributed by atoms with Gasteiger partial charge in [-0.1, -0.05) is 30.2 Å². The number of thiazole rings is 1. The minimum Gasteiger partial charge on any atom is -0.482 e. The van der Waals surface area contributed by atoms with Crippen LogP contribution in [0.25, 0.3) is 0 Å². The molecule has 1 saturated carbocycles. The first-order valence-electron chi connectivity index (χ1n) is 14.2. The summed E-state index contributed by atoms with van der Waals surface area (Å²) < 4.78 is 31.0. The maximum atomic E-state index is 13.3. The molecule has 4 aromatic rings. The highest BCUT2D eigenvalue weighted by atomic mass is 35.5. The third kappa shape index (κ3) is 8.62. The van der Waals surface area contributed by atoms with Crippen LogP contribution in [-0.4, -0.2) is 37.6 Å². The highest BCUT2D eigenvalue weighted by molar-refractivity contribution is 7.98. The second kappa shape index (κ2) is 14.6. The Morgan fingerprint density at radius 3 is 2.61 bits per heavy atom. The predicted octanol–water partition coefficient (Wildman–Crippen LogP) is 6.88. The standard InChI is InChI=1S/C32H32ClN3O5S3/c33-24-10-12-26(13-11-24)44(39,40)15-3-4-21-9-14-29(41-18-30(34)37)27(16-21)36-32(38)23-7-2-8-25(17-23)42-20-31-35-28(19-43-31)22-5-1-6-22/h2,7-14,16-17,19,22H,1,3-6,15,18,20H2,(H2,34,37)(H,36,38). The Balaban J connectivity index is 1.24. The molecule has 1 aliphatic rings. The van der Waals surface area contributed by atoms with Crippen LogP contribution in [0.5, 0.6) is 5.75 Å². The fourth-order valence-corrected chi connectivity index (χ4v) is 7.97. The number of carbonyl (C=O) groups excluding carboxylic acids is 2. The van der Waals surface area contributed by atoms with E-state index in [9.17, 15) is 18.0 Å². The number of primary amides is 1. The molecule has 0 aliphatic heterocycles. The Labute approximate surface area is 270 Å². The number of benzene rings is 3. The Morgan fingerprint density at radius 1 is 1.09 bits per heavy atom. The number of rotatable bonds is 14. The quantitative estimate of drug-likeness (QED) is 0.140. The van der Waals surface area contributed by atoms with Crippen LogP contribution in [0.3, 0.4) is 0 Å². The van der Waals surface area contributed by atoms with Gasteiger partial charge in [0.1, 0.15) is 10.8 Å². The number of amides is 2. The normalized spacial score (nSPS) is 13.3. The molecule has 1 aromatic heterocycles. The van der Waals surface area contributed by atoms with Crippen LogP contribution in [0.1, 0.15) is 58.2 Å². The van der Waals surface area contributed by atoms with Crippen molar-refractivity contribution in [3.63, 3.8) is 0 Å². The number of sulfone groups is 1. The number of halogens is 1. The number of aryl methyl sites for hydroxylation is 1. The van der Waals surface area contributed by atoms with Crippen LogP contribution in [0.4, 0.5) is 5.69 Å². The Kier molecular flexibility index (Phi) is 10.6. The number of nitrogens with zero attached hydrogens (tertiary/aromatic N) is 1. The van der Waals surface area contributed by atoms with Gasteiger partial charge >= 0.3 is 0 Å². The number of ether oxygens (including phenoxy) is 1. The smallest absolute Gasteiger partial charge is 0.255 e. The molecule has 1 heterocycles. The molecule has 44 heavy (non-hydrogen) atoms. The zero-order valence-corrected chi connectivity index (χ0v) is 27.0. The lowest BCUT2D eigenvalue weighted by Crippen LogP contribution is -2.21. The van der Waals surface area contributed by atoms with E-state index in [1.54, 1.807) is 59.5 Å². The lowest BCUT2D eigenvalue weighted by atomic mass is 9.83. The highest BCUT2D eigenvalue weighted by Gasteiger charge is 2.22. The fourth-order valence-electron chi connectivity index (χ4n) is 4.68. The number of carbonyl (C=O) groups is 2. The largest absolute Gasteiger partial charge is 0.482 e. The van der Waals surface area contributed by atoms with Gasteiger partial charge in [-0.2, -0.15) is 0 Å². The van der Waals surface area contributed by atoms with Gasteiger partial charge in [0.2, 0.25) is 0 Å². The zero-order chi connectivity index (χ0) is 31.1. The van der Waals surface area contributed by atoms with E-state index in [4.69, 9.17) is 27.1 Å². The summed E-state index contributed by atoms with van der Waals surface area (Å²) in [6.45, 7) is -0.354. The number of aromatic nitrogens is 1. The van der Waals surface area contributed by atoms with Crippen molar-refractivity contribution in [1.82, 2.24) is 4.98 Å². The number of nitrogens with two attached hydrogens (primary N) is 1. The lowest BCUT2D eigenvalue weighted by molar-refractivity contribution is -0.119. The molecule has 3 N–H and O–H groups in total. The van der Waals surface area contributed by atoms with E-state index in [1.807, 2.05) is 18.2 Å². The van der Waals surface area contributed by atoms with Crippen LogP contribution >= 0.6 is 34.7 Å². The molecule has 8 nitrogen and oxygen atoms in total. The summed E-state index contributed by atoms with van der Waals surface area (Å²) in [4.78, 5) is 30.6. The van der Waals surface area contributed by atoms with Gasteiger partial charge in [-0.05, 0) is 85.8 Å². The van der Waals surface area contributed by atoms with E-state index < -0.39 is 15.7 Å². The van der Waals surface area contributed by atoms with E-state index in [1.165, 1.54) is 37.1 Å². The van der Waals surface area contributed by atoms with Crippen molar-refractivity contribution in [2.24, 2.45) is 5.73 Å². The average Bonchev–Trinajstić information content (AvgIpc) is 3.43. The van der Waals surface area contributed by atoms with Gasteiger partial charge in [0.15, 0.2) is 16.4 Å². The third-order valence-corrected chi connectivity index (χ3v) is 11.4. The number of nitrogens with one attached hydrogen (secondary N) is 1. The Hall–Kier alpha value is -3.38. The van der Waals surface area contributed by atoms with E-state index in [-0.39, 0.29) is 28.9 Å². The average molecular weight is 670 g/mol. The monoisotopic (exact) mass is 669 g/mol. The molecule has 1 fully saturated rings. The summed E-state index contributed by atoms with van der Waals surface area (Å²) in [7, 11) is -3.48. The molecule has 12 heteroatoms. The van der Waals surface area contributed by atoms with E-state index in [0.29, 0.717) is 35.0 Å². The summed E-state index contributed by atoms with van der Waals surface area (Å²) in [5.41, 5.74) is 8.09.